The molecular weight excluding hydrogens is 366 g/mol. The van der Waals surface area contributed by atoms with Gasteiger partial charge < -0.3 is 9.64 Å². The molecule has 0 fully saturated rings. The van der Waals surface area contributed by atoms with Crippen molar-refractivity contribution in [2.24, 2.45) is 0 Å². The van der Waals surface area contributed by atoms with Crippen LogP contribution < -0.4 is 0 Å². The molecule has 1 aromatic heterocycles. The molecule has 7 nitrogen and oxygen atoms in total. The number of benzene rings is 2. The van der Waals surface area contributed by atoms with Gasteiger partial charge in [-0.15, -0.1) is 10.2 Å². The van der Waals surface area contributed by atoms with E-state index in [1.54, 1.807) is 24.1 Å². The van der Waals surface area contributed by atoms with Crippen LogP contribution in [0, 0.1) is 0 Å². The summed E-state index contributed by atoms with van der Waals surface area (Å²) in [5, 5.41) is 12.9. The summed E-state index contributed by atoms with van der Waals surface area (Å²) in [7, 11) is 1.61. The van der Waals surface area contributed by atoms with E-state index in [1.807, 2.05) is 42.5 Å². The summed E-state index contributed by atoms with van der Waals surface area (Å²) in [4.78, 5) is 15.8. The molecule has 0 aliphatic carbocycles. The van der Waals surface area contributed by atoms with Gasteiger partial charge in [-0.2, -0.15) is 4.80 Å². The standard InChI is InChI=1S/C19H20ClN5O2/c1-27-11-10-24(13-15-6-3-2-4-7-15)18(26)14-25-22-19(21-23-25)16-8-5-9-17(20)12-16/h2-9,12H,10-11,13-14H2,1H3. The zero-order valence-corrected chi connectivity index (χ0v) is 15.7. The lowest BCUT2D eigenvalue weighted by Gasteiger charge is -2.22. The van der Waals surface area contributed by atoms with E-state index < -0.39 is 0 Å². The third kappa shape index (κ3) is 5.35. The average Bonchev–Trinajstić information content (AvgIpc) is 3.14. The summed E-state index contributed by atoms with van der Waals surface area (Å²) in [6, 6.07) is 17.0. The molecule has 0 unspecified atom stereocenters. The zero-order chi connectivity index (χ0) is 19.1. The van der Waals surface area contributed by atoms with Crippen molar-refractivity contribution in [3.63, 3.8) is 0 Å². The lowest BCUT2D eigenvalue weighted by molar-refractivity contribution is -0.133. The Morgan fingerprint density at radius 3 is 2.74 bits per heavy atom. The minimum atomic E-state index is -0.106. The van der Waals surface area contributed by atoms with Gasteiger partial charge in [0.05, 0.1) is 6.61 Å². The molecule has 3 rings (SSSR count). The van der Waals surface area contributed by atoms with Crippen LogP contribution in [0.25, 0.3) is 11.4 Å². The van der Waals surface area contributed by atoms with Crippen LogP contribution in [0.4, 0.5) is 0 Å². The van der Waals surface area contributed by atoms with Gasteiger partial charge in [-0.25, -0.2) is 0 Å². The number of tetrazole rings is 1. The van der Waals surface area contributed by atoms with E-state index in [4.69, 9.17) is 16.3 Å². The molecule has 1 heterocycles. The molecule has 0 saturated heterocycles. The summed E-state index contributed by atoms with van der Waals surface area (Å²) in [6.45, 7) is 1.44. The van der Waals surface area contributed by atoms with Crippen molar-refractivity contribution in [1.29, 1.82) is 0 Å². The van der Waals surface area contributed by atoms with Crippen molar-refractivity contribution in [1.82, 2.24) is 25.1 Å². The molecular formula is C19H20ClN5O2. The Morgan fingerprint density at radius 1 is 1.19 bits per heavy atom. The largest absolute Gasteiger partial charge is 0.383 e. The molecule has 0 spiro atoms. The lowest BCUT2D eigenvalue weighted by Crippen LogP contribution is -2.36. The molecule has 3 aromatic rings. The maximum absolute atomic E-state index is 12.7. The predicted molar refractivity (Wildman–Crippen MR) is 102 cm³/mol. The normalized spacial score (nSPS) is 10.7. The number of methoxy groups -OCH3 is 1. The second-order valence-electron chi connectivity index (χ2n) is 5.95. The topological polar surface area (TPSA) is 73.1 Å². The summed E-state index contributed by atoms with van der Waals surface area (Å²) in [5.41, 5.74) is 1.80. The van der Waals surface area contributed by atoms with Crippen LogP contribution >= 0.6 is 11.6 Å². The van der Waals surface area contributed by atoms with Crippen molar-refractivity contribution >= 4 is 17.5 Å². The van der Waals surface area contributed by atoms with E-state index >= 15 is 0 Å². The number of rotatable bonds is 8. The fraction of sp³-hybridized carbons (Fsp3) is 0.263. The summed E-state index contributed by atoms with van der Waals surface area (Å²) in [6.07, 6.45) is 0. The van der Waals surface area contributed by atoms with Gasteiger partial charge >= 0.3 is 0 Å². The molecule has 0 aliphatic rings. The molecule has 2 aromatic carbocycles. The number of ether oxygens (including phenoxy) is 1. The molecule has 1 amide bonds. The smallest absolute Gasteiger partial charge is 0.246 e. The third-order valence-electron chi connectivity index (χ3n) is 3.95. The van der Waals surface area contributed by atoms with E-state index in [2.05, 4.69) is 15.4 Å². The van der Waals surface area contributed by atoms with Crippen LogP contribution in [0.3, 0.4) is 0 Å². The molecule has 0 radical (unpaired) electrons. The number of halogens is 1. The summed E-state index contributed by atoms with van der Waals surface area (Å²) in [5.74, 6) is 0.322. The molecule has 0 N–H and O–H groups in total. The first-order valence-electron chi connectivity index (χ1n) is 8.50. The zero-order valence-electron chi connectivity index (χ0n) is 15.0. The van der Waals surface area contributed by atoms with Crippen LogP contribution in [-0.2, 0) is 22.6 Å². The van der Waals surface area contributed by atoms with Gasteiger partial charge in [-0.3, -0.25) is 4.79 Å². The van der Waals surface area contributed by atoms with Gasteiger partial charge in [0, 0.05) is 30.8 Å². The van der Waals surface area contributed by atoms with Gasteiger partial charge in [0.1, 0.15) is 6.54 Å². The SMILES string of the molecule is COCCN(Cc1ccccc1)C(=O)Cn1nnc(-c2cccc(Cl)c2)n1. The molecule has 0 aliphatic heterocycles. The van der Waals surface area contributed by atoms with Crippen LogP contribution in [0.15, 0.2) is 54.6 Å². The first-order chi connectivity index (χ1) is 13.2. The second kappa shape index (κ2) is 9.25. The number of carbonyl (C=O) groups excluding carboxylic acids is 1. The van der Waals surface area contributed by atoms with Gasteiger partial charge in [0.25, 0.3) is 0 Å². The van der Waals surface area contributed by atoms with E-state index in [1.165, 1.54) is 4.80 Å². The van der Waals surface area contributed by atoms with Gasteiger partial charge in [-0.05, 0) is 22.9 Å². The second-order valence-corrected chi connectivity index (χ2v) is 6.38. The monoisotopic (exact) mass is 385 g/mol. The average molecular weight is 386 g/mol. The van der Waals surface area contributed by atoms with E-state index in [-0.39, 0.29) is 12.5 Å². The highest BCUT2D eigenvalue weighted by atomic mass is 35.5. The Labute approximate surface area is 162 Å². The Kier molecular flexibility index (Phi) is 6.51. The lowest BCUT2D eigenvalue weighted by atomic mass is 10.2. The number of nitrogens with zero attached hydrogens (tertiary/aromatic N) is 5. The highest BCUT2D eigenvalue weighted by Gasteiger charge is 2.16. The van der Waals surface area contributed by atoms with Crippen LogP contribution in [0.2, 0.25) is 5.02 Å². The summed E-state index contributed by atoms with van der Waals surface area (Å²) < 4.78 is 5.13. The van der Waals surface area contributed by atoms with Crippen molar-refractivity contribution in [2.75, 3.05) is 20.3 Å². The van der Waals surface area contributed by atoms with Crippen molar-refractivity contribution < 1.29 is 9.53 Å². The molecule has 27 heavy (non-hydrogen) atoms. The predicted octanol–water partition coefficient (Wildman–Crippen LogP) is 2.67. The van der Waals surface area contributed by atoms with Gasteiger partial charge in [0.2, 0.25) is 11.7 Å². The first kappa shape index (κ1) is 19.0. The number of hydrogen-bond acceptors (Lipinski definition) is 5. The van der Waals surface area contributed by atoms with Crippen LogP contribution in [0.1, 0.15) is 5.56 Å². The molecule has 0 saturated carbocycles. The number of amides is 1. The maximum Gasteiger partial charge on any atom is 0.246 e. The molecule has 140 valence electrons. The Bertz CT molecular complexity index is 885. The summed E-state index contributed by atoms with van der Waals surface area (Å²) >= 11 is 6.00. The van der Waals surface area contributed by atoms with E-state index in [0.29, 0.717) is 30.5 Å². The Hall–Kier alpha value is -2.77. The van der Waals surface area contributed by atoms with E-state index in [9.17, 15) is 4.79 Å². The fourth-order valence-electron chi connectivity index (χ4n) is 2.57. The minimum Gasteiger partial charge on any atom is -0.383 e. The molecule has 0 bridgehead atoms. The highest BCUT2D eigenvalue weighted by Crippen LogP contribution is 2.18. The van der Waals surface area contributed by atoms with Crippen LogP contribution in [-0.4, -0.2) is 51.3 Å². The number of aromatic nitrogens is 4. The third-order valence-corrected chi connectivity index (χ3v) is 4.18. The van der Waals surface area contributed by atoms with Crippen molar-refractivity contribution in [2.45, 2.75) is 13.1 Å². The molecule has 0 atom stereocenters. The van der Waals surface area contributed by atoms with Crippen molar-refractivity contribution in [3.05, 3.63) is 65.2 Å². The van der Waals surface area contributed by atoms with Crippen LogP contribution in [0.5, 0.6) is 0 Å². The number of hydrogen-bond donors (Lipinski definition) is 0. The fourth-order valence-corrected chi connectivity index (χ4v) is 2.76. The first-order valence-corrected chi connectivity index (χ1v) is 8.88. The Balaban J connectivity index is 1.69. The quantitative estimate of drug-likeness (QED) is 0.596. The molecule has 8 heteroatoms. The Morgan fingerprint density at radius 2 is 2.00 bits per heavy atom. The van der Waals surface area contributed by atoms with Gasteiger partial charge in [0.15, 0.2) is 0 Å². The minimum absolute atomic E-state index is 0.00408. The van der Waals surface area contributed by atoms with E-state index in [0.717, 1.165) is 11.1 Å². The highest BCUT2D eigenvalue weighted by molar-refractivity contribution is 6.30. The van der Waals surface area contributed by atoms with Crippen molar-refractivity contribution in [3.8, 4) is 11.4 Å². The van der Waals surface area contributed by atoms with Gasteiger partial charge in [-0.1, -0.05) is 54.1 Å². The number of carbonyl (C=O) groups is 1. The maximum atomic E-state index is 12.7.